The first kappa shape index (κ1) is 20.8. The van der Waals surface area contributed by atoms with Crippen molar-refractivity contribution in [3.63, 3.8) is 0 Å². The highest BCUT2D eigenvalue weighted by Crippen LogP contribution is 2.30. The average molecular weight is 351 g/mol. The van der Waals surface area contributed by atoms with E-state index in [4.69, 9.17) is 9.47 Å². The lowest BCUT2D eigenvalue weighted by Crippen LogP contribution is -2.46. The predicted molar refractivity (Wildman–Crippen MR) is 97.0 cm³/mol. The van der Waals surface area contributed by atoms with E-state index in [-0.39, 0.29) is 18.5 Å². The minimum Gasteiger partial charge on any atom is -0.493 e. The van der Waals surface area contributed by atoms with Crippen LogP contribution in [0.4, 0.5) is 4.79 Å². The maximum Gasteiger partial charge on any atom is 0.321 e. The summed E-state index contributed by atoms with van der Waals surface area (Å²) in [6, 6.07) is 3.37. The number of nitrogens with zero attached hydrogens (tertiary/aromatic N) is 1. The number of urea groups is 1. The smallest absolute Gasteiger partial charge is 0.321 e. The average Bonchev–Trinajstić information content (AvgIpc) is 2.55. The van der Waals surface area contributed by atoms with Crippen LogP contribution in [-0.4, -0.2) is 50.7 Å². The van der Waals surface area contributed by atoms with Crippen molar-refractivity contribution in [1.82, 2.24) is 15.5 Å². The molecule has 0 radical (unpaired) electrons. The maximum atomic E-state index is 12.0. The van der Waals surface area contributed by atoms with Crippen LogP contribution in [0.3, 0.4) is 0 Å². The van der Waals surface area contributed by atoms with E-state index in [0.29, 0.717) is 18.0 Å². The number of amides is 3. The van der Waals surface area contributed by atoms with E-state index < -0.39 is 6.03 Å². The Hall–Kier alpha value is -2.28. The molecule has 0 aliphatic rings. The molecule has 2 N–H and O–H groups in total. The van der Waals surface area contributed by atoms with Crippen LogP contribution in [0.1, 0.15) is 31.4 Å². The Kier molecular flexibility index (Phi) is 8.21. The normalized spacial score (nSPS) is 11.8. The number of benzene rings is 1. The monoisotopic (exact) mass is 351 g/mol. The molecule has 0 fully saturated rings. The van der Waals surface area contributed by atoms with Crippen LogP contribution in [0.15, 0.2) is 12.1 Å². The Morgan fingerprint density at radius 2 is 1.80 bits per heavy atom. The number of imide groups is 1. The summed E-state index contributed by atoms with van der Waals surface area (Å²) in [5, 5.41) is 5.04. The molecule has 1 aromatic carbocycles. The lowest BCUT2D eigenvalue weighted by Gasteiger charge is -2.19. The summed E-state index contributed by atoms with van der Waals surface area (Å²) in [6.07, 6.45) is 0.806. The van der Waals surface area contributed by atoms with Gasteiger partial charge in [0.05, 0.1) is 20.8 Å². The zero-order valence-corrected chi connectivity index (χ0v) is 15.9. The van der Waals surface area contributed by atoms with Crippen LogP contribution in [0.25, 0.3) is 0 Å². The molecule has 7 nitrogen and oxygen atoms in total. The van der Waals surface area contributed by atoms with Gasteiger partial charge in [0.1, 0.15) is 0 Å². The van der Waals surface area contributed by atoms with Gasteiger partial charge in [0, 0.05) is 12.6 Å². The Balaban J connectivity index is 2.63. The number of carbonyl (C=O) groups is 2. The molecular formula is C18H29N3O4. The third-order valence-corrected chi connectivity index (χ3v) is 3.94. The summed E-state index contributed by atoms with van der Waals surface area (Å²) in [7, 11) is 5.00. The van der Waals surface area contributed by atoms with E-state index in [2.05, 4.69) is 10.6 Å². The molecule has 0 aliphatic heterocycles. The zero-order chi connectivity index (χ0) is 19.0. The van der Waals surface area contributed by atoms with Crippen molar-refractivity contribution in [2.24, 2.45) is 0 Å². The number of carbonyl (C=O) groups excluding carboxylic acids is 2. The molecule has 1 rings (SSSR count). The van der Waals surface area contributed by atoms with Gasteiger partial charge in [0.15, 0.2) is 11.5 Å². The van der Waals surface area contributed by atoms with Crippen molar-refractivity contribution < 1.29 is 19.1 Å². The summed E-state index contributed by atoms with van der Waals surface area (Å²) >= 11 is 0. The summed E-state index contributed by atoms with van der Waals surface area (Å²) in [5.41, 5.74) is 2.07. The molecule has 1 aromatic rings. The van der Waals surface area contributed by atoms with E-state index in [9.17, 15) is 9.59 Å². The molecule has 25 heavy (non-hydrogen) atoms. The summed E-state index contributed by atoms with van der Waals surface area (Å²) in [5.74, 6) is 0.973. The largest absolute Gasteiger partial charge is 0.493 e. The van der Waals surface area contributed by atoms with E-state index in [1.165, 1.54) is 0 Å². The van der Waals surface area contributed by atoms with Gasteiger partial charge in [-0.25, -0.2) is 4.79 Å². The van der Waals surface area contributed by atoms with Gasteiger partial charge in [-0.3, -0.25) is 15.0 Å². The molecule has 0 unspecified atom stereocenters. The Morgan fingerprint density at radius 3 is 2.36 bits per heavy atom. The molecule has 0 saturated carbocycles. The Bertz CT molecular complexity index is 604. The molecule has 0 bridgehead atoms. The number of aryl methyl sites for hydroxylation is 1. The minimum absolute atomic E-state index is 0.0277. The minimum atomic E-state index is -0.463. The third-order valence-electron chi connectivity index (χ3n) is 3.94. The van der Waals surface area contributed by atoms with Crippen molar-refractivity contribution in [3.8, 4) is 11.5 Å². The van der Waals surface area contributed by atoms with Crippen molar-refractivity contribution in [3.05, 3.63) is 23.3 Å². The van der Waals surface area contributed by atoms with E-state index in [1.807, 2.05) is 44.9 Å². The van der Waals surface area contributed by atoms with Gasteiger partial charge in [-0.15, -0.1) is 0 Å². The second-order valence-electron chi connectivity index (χ2n) is 6.14. The molecule has 0 saturated heterocycles. The van der Waals surface area contributed by atoms with E-state index in [1.54, 1.807) is 14.2 Å². The third kappa shape index (κ3) is 6.62. The SMILES string of the molecule is CC[C@H](C)NC(=O)NC(=O)CN(C)Cc1cc(OC)c(OC)cc1C. The second-order valence-corrected chi connectivity index (χ2v) is 6.14. The lowest BCUT2D eigenvalue weighted by molar-refractivity contribution is -0.121. The van der Waals surface area contributed by atoms with Crippen LogP contribution in [0.5, 0.6) is 11.5 Å². The van der Waals surface area contributed by atoms with Crippen LogP contribution < -0.4 is 20.1 Å². The highest BCUT2D eigenvalue weighted by atomic mass is 16.5. The van der Waals surface area contributed by atoms with Crippen LogP contribution in [0.2, 0.25) is 0 Å². The summed E-state index contributed by atoms with van der Waals surface area (Å²) < 4.78 is 10.6. The van der Waals surface area contributed by atoms with Crippen LogP contribution >= 0.6 is 0 Å². The quantitative estimate of drug-likeness (QED) is 0.749. The highest BCUT2D eigenvalue weighted by molar-refractivity contribution is 5.95. The van der Waals surface area contributed by atoms with Crippen molar-refractivity contribution >= 4 is 11.9 Å². The molecule has 3 amide bonds. The number of hydrogen-bond donors (Lipinski definition) is 2. The van der Waals surface area contributed by atoms with Gasteiger partial charge < -0.3 is 14.8 Å². The fourth-order valence-electron chi connectivity index (χ4n) is 2.31. The van der Waals surface area contributed by atoms with Crippen molar-refractivity contribution in [2.45, 2.75) is 39.8 Å². The Morgan fingerprint density at radius 1 is 1.20 bits per heavy atom. The fraction of sp³-hybridized carbons (Fsp3) is 0.556. The first-order valence-corrected chi connectivity index (χ1v) is 8.31. The molecule has 7 heteroatoms. The standard InChI is InChI=1S/C18H29N3O4/c1-7-13(3)19-18(23)20-17(22)11-21(4)10-14-9-16(25-6)15(24-5)8-12(14)2/h8-9,13H,7,10-11H2,1-6H3,(H2,19,20,22,23)/t13-/m0/s1. The summed E-state index contributed by atoms with van der Waals surface area (Å²) in [6.45, 7) is 6.49. The number of rotatable bonds is 8. The molecule has 0 aromatic heterocycles. The number of likely N-dealkylation sites (N-methyl/N-ethyl adjacent to an activating group) is 1. The number of nitrogens with one attached hydrogen (secondary N) is 2. The molecule has 1 atom stereocenters. The molecular weight excluding hydrogens is 322 g/mol. The number of ether oxygens (including phenoxy) is 2. The van der Waals surface area contributed by atoms with Gasteiger partial charge in [-0.05, 0) is 50.6 Å². The van der Waals surface area contributed by atoms with E-state index >= 15 is 0 Å². The zero-order valence-electron chi connectivity index (χ0n) is 15.9. The topological polar surface area (TPSA) is 79.9 Å². The first-order chi connectivity index (χ1) is 11.8. The van der Waals surface area contributed by atoms with Crippen molar-refractivity contribution in [1.29, 1.82) is 0 Å². The van der Waals surface area contributed by atoms with Crippen LogP contribution in [0, 0.1) is 6.92 Å². The van der Waals surface area contributed by atoms with Crippen LogP contribution in [-0.2, 0) is 11.3 Å². The molecule has 0 heterocycles. The van der Waals surface area contributed by atoms with Gasteiger partial charge in [0.25, 0.3) is 0 Å². The van der Waals surface area contributed by atoms with Gasteiger partial charge in [-0.2, -0.15) is 0 Å². The molecule has 140 valence electrons. The molecule has 0 spiro atoms. The second kappa shape index (κ2) is 9.88. The predicted octanol–water partition coefficient (Wildman–Crippen LogP) is 2.07. The number of methoxy groups -OCH3 is 2. The van der Waals surface area contributed by atoms with Gasteiger partial charge >= 0.3 is 6.03 Å². The lowest BCUT2D eigenvalue weighted by atomic mass is 10.1. The molecule has 0 aliphatic carbocycles. The fourth-order valence-corrected chi connectivity index (χ4v) is 2.31. The van der Waals surface area contributed by atoms with E-state index in [0.717, 1.165) is 17.5 Å². The van der Waals surface area contributed by atoms with Gasteiger partial charge in [0.2, 0.25) is 5.91 Å². The maximum absolute atomic E-state index is 12.0. The Labute approximate surface area is 149 Å². The highest BCUT2D eigenvalue weighted by Gasteiger charge is 2.14. The summed E-state index contributed by atoms with van der Waals surface area (Å²) in [4.78, 5) is 25.5. The van der Waals surface area contributed by atoms with Crippen molar-refractivity contribution in [2.75, 3.05) is 27.8 Å². The number of hydrogen-bond acceptors (Lipinski definition) is 5. The first-order valence-electron chi connectivity index (χ1n) is 8.31. The van der Waals surface area contributed by atoms with Gasteiger partial charge in [-0.1, -0.05) is 6.92 Å².